The molecule has 1 aromatic carbocycles. The maximum atomic E-state index is 12.0. The number of hydrogen-bond donors (Lipinski definition) is 1. The number of imidazole rings is 1. The van der Waals surface area contributed by atoms with Crippen molar-refractivity contribution in [3.8, 4) is 0 Å². The van der Waals surface area contributed by atoms with Gasteiger partial charge in [0.2, 0.25) is 0 Å². The molecule has 1 amide bonds. The van der Waals surface area contributed by atoms with Gasteiger partial charge in [0.1, 0.15) is 0 Å². The van der Waals surface area contributed by atoms with Gasteiger partial charge in [0, 0.05) is 12.6 Å². The van der Waals surface area contributed by atoms with Crippen LogP contribution in [-0.2, 0) is 20.9 Å². The van der Waals surface area contributed by atoms with Crippen molar-refractivity contribution in [2.75, 3.05) is 12.4 Å². The SMILES string of the molecule is CCCn1c(SCC(=O)OCC(=O)NC(CC)CC)nc2ccccc21. The van der Waals surface area contributed by atoms with E-state index in [1.54, 1.807) is 0 Å². The second-order valence-corrected chi connectivity index (χ2v) is 7.01. The zero-order chi connectivity index (χ0) is 18.9. The van der Waals surface area contributed by atoms with Gasteiger partial charge in [-0.2, -0.15) is 0 Å². The molecule has 142 valence electrons. The zero-order valence-electron chi connectivity index (χ0n) is 15.7. The van der Waals surface area contributed by atoms with E-state index in [1.807, 2.05) is 38.1 Å². The Morgan fingerprint density at radius 2 is 1.96 bits per heavy atom. The summed E-state index contributed by atoms with van der Waals surface area (Å²) in [6.07, 6.45) is 2.70. The Morgan fingerprint density at radius 1 is 1.23 bits per heavy atom. The summed E-state index contributed by atoms with van der Waals surface area (Å²) in [7, 11) is 0. The quantitative estimate of drug-likeness (QED) is 0.507. The summed E-state index contributed by atoms with van der Waals surface area (Å²) in [5.41, 5.74) is 1.98. The van der Waals surface area contributed by atoms with E-state index in [2.05, 4.69) is 21.8 Å². The van der Waals surface area contributed by atoms with Crippen LogP contribution in [0.2, 0.25) is 0 Å². The summed E-state index contributed by atoms with van der Waals surface area (Å²) in [5.74, 6) is -0.536. The zero-order valence-corrected chi connectivity index (χ0v) is 16.5. The number of nitrogens with one attached hydrogen (secondary N) is 1. The topological polar surface area (TPSA) is 73.2 Å². The van der Waals surface area contributed by atoms with E-state index in [1.165, 1.54) is 11.8 Å². The third-order valence-electron chi connectivity index (χ3n) is 4.10. The van der Waals surface area contributed by atoms with Crippen LogP contribution in [0.25, 0.3) is 11.0 Å². The van der Waals surface area contributed by atoms with E-state index < -0.39 is 5.97 Å². The lowest BCUT2D eigenvalue weighted by atomic mass is 10.2. The van der Waals surface area contributed by atoms with E-state index in [9.17, 15) is 9.59 Å². The predicted molar refractivity (Wildman–Crippen MR) is 104 cm³/mol. The normalized spacial score (nSPS) is 11.1. The molecule has 6 nitrogen and oxygen atoms in total. The fourth-order valence-electron chi connectivity index (χ4n) is 2.68. The van der Waals surface area contributed by atoms with Crippen LogP contribution >= 0.6 is 11.8 Å². The highest BCUT2D eigenvalue weighted by Crippen LogP contribution is 2.24. The molecular formula is C19H27N3O3S. The molecule has 0 atom stereocenters. The molecule has 1 N–H and O–H groups in total. The average molecular weight is 378 g/mol. The molecule has 0 spiro atoms. The Balaban J connectivity index is 1.88. The number of carbonyl (C=O) groups is 2. The lowest BCUT2D eigenvalue weighted by molar-refractivity contribution is -0.146. The second kappa shape index (κ2) is 10.2. The second-order valence-electron chi connectivity index (χ2n) is 6.07. The summed E-state index contributed by atoms with van der Waals surface area (Å²) in [6, 6.07) is 8.06. The third-order valence-corrected chi connectivity index (χ3v) is 5.05. The van der Waals surface area contributed by atoms with E-state index in [4.69, 9.17) is 4.74 Å². The molecule has 0 fully saturated rings. The van der Waals surface area contributed by atoms with Crippen molar-refractivity contribution < 1.29 is 14.3 Å². The number of thioether (sulfide) groups is 1. The minimum absolute atomic E-state index is 0.129. The molecule has 1 heterocycles. The number of esters is 1. The molecule has 0 bridgehead atoms. The number of hydrogen-bond acceptors (Lipinski definition) is 5. The molecule has 7 heteroatoms. The number of ether oxygens (including phenoxy) is 1. The van der Waals surface area contributed by atoms with Gasteiger partial charge in [-0.3, -0.25) is 9.59 Å². The summed E-state index contributed by atoms with van der Waals surface area (Å²) in [5, 5.41) is 3.65. The lowest BCUT2D eigenvalue weighted by Crippen LogP contribution is -2.37. The minimum atomic E-state index is -0.412. The monoisotopic (exact) mass is 377 g/mol. The van der Waals surface area contributed by atoms with E-state index in [0.29, 0.717) is 0 Å². The van der Waals surface area contributed by atoms with Crippen molar-refractivity contribution in [1.82, 2.24) is 14.9 Å². The molecule has 0 saturated heterocycles. The van der Waals surface area contributed by atoms with Crippen molar-refractivity contribution in [1.29, 1.82) is 0 Å². The average Bonchev–Trinajstić information content (AvgIpc) is 3.00. The van der Waals surface area contributed by atoms with Crippen molar-refractivity contribution in [2.24, 2.45) is 0 Å². The molecule has 0 aliphatic heterocycles. The van der Waals surface area contributed by atoms with Crippen molar-refractivity contribution in [2.45, 2.75) is 57.8 Å². The molecule has 2 rings (SSSR count). The highest BCUT2D eigenvalue weighted by Gasteiger charge is 2.14. The highest BCUT2D eigenvalue weighted by molar-refractivity contribution is 7.99. The van der Waals surface area contributed by atoms with Crippen LogP contribution in [0.5, 0.6) is 0 Å². The molecule has 0 saturated carbocycles. The summed E-state index contributed by atoms with van der Waals surface area (Å²) in [6.45, 7) is 6.74. The number of amides is 1. The van der Waals surface area contributed by atoms with Crippen LogP contribution in [0.1, 0.15) is 40.0 Å². The molecular weight excluding hydrogens is 350 g/mol. The van der Waals surface area contributed by atoms with Crippen molar-refractivity contribution in [3.63, 3.8) is 0 Å². The first kappa shape index (κ1) is 20.3. The number of aryl methyl sites for hydroxylation is 1. The van der Waals surface area contributed by atoms with Crippen LogP contribution in [0.15, 0.2) is 29.4 Å². The summed E-state index contributed by atoms with van der Waals surface area (Å²) < 4.78 is 7.20. The van der Waals surface area contributed by atoms with Gasteiger partial charge in [-0.1, -0.05) is 44.7 Å². The number of nitrogens with zero attached hydrogens (tertiary/aromatic N) is 2. The predicted octanol–water partition coefficient (Wildman–Crippen LogP) is 3.39. The van der Waals surface area contributed by atoms with Crippen LogP contribution in [0.3, 0.4) is 0 Å². The first-order chi connectivity index (χ1) is 12.6. The van der Waals surface area contributed by atoms with Gasteiger partial charge in [0.15, 0.2) is 11.8 Å². The number of para-hydroxylation sites is 2. The molecule has 2 aromatic rings. The smallest absolute Gasteiger partial charge is 0.316 e. The van der Waals surface area contributed by atoms with E-state index >= 15 is 0 Å². The molecule has 0 unspecified atom stereocenters. The standard InChI is InChI=1S/C19H27N3O3S/c1-4-11-22-16-10-8-7-9-15(16)21-19(22)26-13-18(24)25-12-17(23)20-14(5-2)6-3/h7-10,14H,4-6,11-13H2,1-3H3,(H,20,23). The third kappa shape index (κ3) is 5.49. The van der Waals surface area contributed by atoms with Crippen LogP contribution in [-0.4, -0.2) is 39.8 Å². The molecule has 0 aliphatic carbocycles. The maximum absolute atomic E-state index is 12.0. The van der Waals surface area contributed by atoms with Gasteiger partial charge in [-0.05, 0) is 31.4 Å². The maximum Gasteiger partial charge on any atom is 0.316 e. The number of benzene rings is 1. The van der Waals surface area contributed by atoms with Gasteiger partial charge in [-0.25, -0.2) is 4.98 Å². The Hall–Kier alpha value is -2.02. The largest absolute Gasteiger partial charge is 0.455 e. The van der Waals surface area contributed by atoms with Crippen LogP contribution in [0, 0.1) is 0 Å². The number of fused-ring (bicyclic) bond motifs is 1. The summed E-state index contributed by atoms with van der Waals surface area (Å²) >= 11 is 1.34. The van der Waals surface area contributed by atoms with Crippen molar-refractivity contribution in [3.05, 3.63) is 24.3 Å². The first-order valence-electron chi connectivity index (χ1n) is 9.12. The van der Waals surface area contributed by atoms with Crippen LogP contribution < -0.4 is 5.32 Å². The number of rotatable bonds is 10. The Kier molecular flexibility index (Phi) is 7.97. The Morgan fingerprint density at radius 3 is 2.65 bits per heavy atom. The Bertz CT molecular complexity index is 741. The molecule has 26 heavy (non-hydrogen) atoms. The molecule has 1 aromatic heterocycles. The Labute approximate surface area is 158 Å². The van der Waals surface area contributed by atoms with E-state index in [0.717, 1.165) is 42.0 Å². The minimum Gasteiger partial charge on any atom is -0.455 e. The highest BCUT2D eigenvalue weighted by atomic mass is 32.2. The number of carbonyl (C=O) groups excluding carboxylic acids is 2. The molecule has 0 radical (unpaired) electrons. The first-order valence-corrected chi connectivity index (χ1v) is 10.1. The van der Waals surface area contributed by atoms with Gasteiger partial charge in [0.05, 0.1) is 16.8 Å². The van der Waals surface area contributed by atoms with Gasteiger partial charge < -0.3 is 14.6 Å². The fraction of sp³-hybridized carbons (Fsp3) is 0.526. The van der Waals surface area contributed by atoms with E-state index in [-0.39, 0.29) is 24.3 Å². The van der Waals surface area contributed by atoms with Crippen molar-refractivity contribution >= 4 is 34.7 Å². The fourth-order valence-corrected chi connectivity index (χ4v) is 3.52. The lowest BCUT2D eigenvalue weighted by Gasteiger charge is -2.14. The summed E-state index contributed by atoms with van der Waals surface area (Å²) in [4.78, 5) is 28.4. The van der Waals surface area contributed by atoms with Gasteiger partial charge >= 0.3 is 5.97 Å². The van der Waals surface area contributed by atoms with Gasteiger partial charge in [-0.15, -0.1) is 0 Å². The molecule has 0 aliphatic rings. The number of aromatic nitrogens is 2. The van der Waals surface area contributed by atoms with Gasteiger partial charge in [0.25, 0.3) is 5.91 Å². The van der Waals surface area contributed by atoms with Crippen LogP contribution in [0.4, 0.5) is 0 Å².